The van der Waals surface area contributed by atoms with Gasteiger partial charge in [0.05, 0.1) is 23.1 Å². The van der Waals surface area contributed by atoms with Crippen molar-refractivity contribution in [2.75, 3.05) is 19.6 Å². The van der Waals surface area contributed by atoms with Gasteiger partial charge in [0, 0.05) is 6.54 Å². The van der Waals surface area contributed by atoms with Crippen LogP contribution in [0.1, 0.15) is 28.9 Å². The van der Waals surface area contributed by atoms with E-state index in [1.807, 2.05) is 37.3 Å². The van der Waals surface area contributed by atoms with Gasteiger partial charge in [-0.3, -0.25) is 4.79 Å². The van der Waals surface area contributed by atoms with Gasteiger partial charge in [-0.25, -0.2) is 4.68 Å². The van der Waals surface area contributed by atoms with E-state index in [4.69, 9.17) is 0 Å². The molecule has 5 nitrogen and oxygen atoms in total. The summed E-state index contributed by atoms with van der Waals surface area (Å²) in [7, 11) is 0. The molecule has 3 rings (SSSR count). The molecule has 0 saturated carbocycles. The summed E-state index contributed by atoms with van der Waals surface area (Å²) in [5, 5.41) is 10.8. The summed E-state index contributed by atoms with van der Waals surface area (Å²) in [5.74, 6) is 0.493. The largest absolute Gasteiger partial charge is 0.352 e. The van der Waals surface area contributed by atoms with Crippen molar-refractivity contribution >= 4 is 18.3 Å². The summed E-state index contributed by atoms with van der Waals surface area (Å²) >= 11 is 0. The van der Waals surface area contributed by atoms with Gasteiger partial charge in [-0.05, 0) is 50.9 Å². The summed E-state index contributed by atoms with van der Waals surface area (Å²) in [6.45, 7) is 4.73. The Bertz CT molecular complexity index is 635. The van der Waals surface area contributed by atoms with Gasteiger partial charge >= 0.3 is 0 Å². The third-order valence-electron chi connectivity index (χ3n) is 4.21. The fraction of sp³-hybridized carbons (Fsp3) is 0.412. The highest BCUT2D eigenvalue weighted by atomic mass is 35.5. The number of halogens is 1. The molecule has 2 heterocycles. The van der Waals surface area contributed by atoms with Crippen LogP contribution in [0.5, 0.6) is 0 Å². The molecule has 1 aromatic carbocycles. The van der Waals surface area contributed by atoms with Gasteiger partial charge in [0.2, 0.25) is 0 Å². The minimum atomic E-state index is -0.0368. The molecule has 1 aliphatic rings. The first-order chi connectivity index (χ1) is 10.8. The monoisotopic (exact) mass is 334 g/mol. The van der Waals surface area contributed by atoms with Crippen molar-refractivity contribution in [1.82, 2.24) is 20.4 Å². The molecule has 1 aromatic heterocycles. The molecule has 0 aliphatic carbocycles. The molecule has 1 aliphatic heterocycles. The Labute approximate surface area is 142 Å². The highest BCUT2D eigenvalue weighted by Crippen LogP contribution is 2.14. The number of piperidine rings is 1. The molecule has 0 spiro atoms. The molecule has 1 amide bonds. The van der Waals surface area contributed by atoms with Gasteiger partial charge in [-0.15, -0.1) is 12.4 Å². The van der Waals surface area contributed by atoms with Crippen LogP contribution in [0, 0.1) is 12.8 Å². The Morgan fingerprint density at radius 2 is 2.17 bits per heavy atom. The Kier molecular flexibility index (Phi) is 6.19. The van der Waals surface area contributed by atoms with E-state index in [9.17, 15) is 4.79 Å². The van der Waals surface area contributed by atoms with E-state index < -0.39 is 0 Å². The van der Waals surface area contributed by atoms with Crippen LogP contribution in [0.3, 0.4) is 0 Å². The van der Waals surface area contributed by atoms with Gasteiger partial charge in [0.15, 0.2) is 0 Å². The van der Waals surface area contributed by atoms with E-state index in [2.05, 4.69) is 15.7 Å². The number of nitrogens with one attached hydrogen (secondary N) is 2. The van der Waals surface area contributed by atoms with E-state index in [0.29, 0.717) is 11.5 Å². The summed E-state index contributed by atoms with van der Waals surface area (Å²) in [6.07, 6.45) is 4.01. The number of hydrogen-bond acceptors (Lipinski definition) is 3. The van der Waals surface area contributed by atoms with E-state index in [0.717, 1.165) is 31.0 Å². The van der Waals surface area contributed by atoms with Crippen molar-refractivity contribution in [1.29, 1.82) is 0 Å². The molecule has 23 heavy (non-hydrogen) atoms. The second kappa shape index (κ2) is 8.13. The van der Waals surface area contributed by atoms with Crippen molar-refractivity contribution in [3.05, 3.63) is 47.8 Å². The lowest BCUT2D eigenvalue weighted by atomic mass is 10.00. The average molecular weight is 335 g/mol. The molecule has 1 fully saturated rings. The Balaban J connectivity index is 0.00000192. The average Bonchev–Trinajstić information content (AvgIpc) is 2.96. The Hall–Kier alpha value is -1.85. The first-order valence-electron chi connectivity index (χ1n) is 7.84. The van der Waals surface area contributed by atoms with Crippen LogP contribution in [-0.2, 0) is 0 Å². The number of carbonyl (C=O) groups is 1. The molecular formula is C17H23ClN4O. The molecular weight excluding hydrogens is 312 g/mol. The van der Waals surface area contributed by atoms with Crippen LogP contribution in [0.4, 0.5) is 0 Å². The molecule has 124 valence electrons. The Morgan fingerprint density at radius 3 is 2.87 bits per heavy atom. The minimum absolute atomic E-state index is 0. The van der Waals surface area contributed by atoms with Crippen LogP contribution in [-0.4, -0.2) is 35.3 Å². The van der Waals surface area contributed by atoms with Gasteiger partial charge in [0.1, 0.15) is 0 Å². The van der Waals surface area contributed by atoms with Gasteiger partial charge in [-0.1, -0.05) is 18.2 Å². The van der Waals surface area contributed by atoms with Crippen molar-refractivity contribution in [2.45, 2.75) is 19.8 Å². The standard InChI is InChI=1S/C17H22N4O.ClH/c1-13-16(12-20-21(13)15-7-3-2-4-8-15)17(22)19-11-14-6-5-9-18-10-14;/h2-4,7-8,12,14,18H,5-6,9-11H2,1H3,(H,19,22);1H. The number of amides is 1. The number of para-hydroxylation sites is 1. The number of hydrogen-bond donors (Lipinski definition) is 2. The minimum Gasteiger partial charge on any atom is -0.352 e. The number of aromatic nitrogens is 2. The van der Waals surface area contributed by atoms with E-state index >= 15 is 0 Å². The van der Waals surface area contributed by atoms with Gasteiger partial charge in [0.25, 0.3) is 5.91 Å². The van der Waals surface area contributed by atoms with Crippen LogP contribution in [0.15, 0.2) is 36.5 Å². The fourth-order valence-corrected chi connectivity index (χ4v) is 2.89. The van der Waals surface area contributed by atoms with Crippen molar-refractivity contribution in [3.63, 3.8) is 0 Å². The maximum atomic E-state index is 12.4. The molecule has 1 saturated heterocycles. The molecule has 2 N–H and O–H groups in total. The predicted octanol–water partition coefficient (Wildman–Crippen LogP) is 2.33. The SMILES string of the molecule is Cc1c(C(=O)NCC2CCCNC2)cnn1-c1ccccc1.Cl. The zero-order chi connectivity index (χ0) is 15.4. The second-order valence-electron chi connectivity index (χ2n) is 5.81. The smallest absolute Gasteiger partial charge is 0.254 e. The normalized spacial score (nSPS) is 17.3. The van der Waals surface area contributed by atoms with Crippen molar-refractivity contribution in [2.24, 2.45) is 5.92 Å². The summed E-state index contributed by atoms with van der Waals surface area (Å²) in [6, 6.07) is 9.86. The maximum Gasteiger partial charge on any atom is 0.254 e. The van der Waals surface area contributed by atoms with Crippen molar-refractivity contribution in [3.8, 4) is 5.69 Å². The molecule has 2 aromatic rings. The molecule has 1 atom stereocenters. The van der Waals surface area contributed by atoms with Gasteiger partial charge in [-0.2, -0.15) is 5.10 Å². The lowest BCUT2D eigenvalue weighted by molar-refractivity contribution is 0.0944. The summed E-state index contributed by atoms with van der Waals surface area (Å²) in [4.78, 5) is 12.4. The number of nitrogens with zero attached hydrogens (tertiary/aromatic N) is 2. The summed E-state index contributed by atoms with van der Waals surface area (Å²) < 4.78 is 1.80. The first-order valence-corrected chi connectivity index (χ1v) is 7.84. The third kappa shape index (κ3) is 4.12. The molecule has 6 heteroatoms. The Morgan fingerprint density at radius 1 is 1.39 bits per heavy atom. The van der Waals surface area contributed by atoms with E-state index in [1.165, 1.54) is 12.8 Å². The van der Waals surface area contributed by atoms with Crippen LogP contribution in [0.25, 0.3) is 5.69 Å². The zero-order valence-electron chi connectivity index (χ0n) is 13.3. The maximum absolute atomic E-state index is 12.4. The highest BCUT2D eigenvalue weighted by molar-refractivity contribution is 5.95. The van der Waals surface area contributed by atoms with Crippen molar-refractivity contribution < 1.29 is 4.79 Å². The topological polar surface area (TPSA) is 59.0 Å². The number of carbonyl (C=O) groups excluding carboxylic acids is 1. The molecule has 1 unspecified atom stereocenters. The van der Waals surface area contributed by atoms with Crippen LogP contribution < -0.4 is 10.6 Å². The first kappa shape index (κ1) is 17.5. The molecule has 0 radical (unpaired) electrons. The summed E-state index contributed by atoms with van der Waals surface area (Å²) in [5.41, 5.74) is 2.48. The molecule has 0 bridgehead atoms. The van der Waals surface area contributed by atoms with Crippen LogP contribution >= 0.6 is 12.4 Å². The number of rotatable bonds is 4. The van der Waals surface area contributed by atoms with E-state index in [1.54, 1.807) is 10.9 Å². The zero-order valence-corrected chi connectivity index (χ0v) is 14.1. The predicted molar refractivity (Wildman–Crippen MR) is 93.5 cm³/mol. The highest BCUT2D eigenvalue weighted by Gasteiger charge is 2.18. The number of benzene rings is 1. The quantitative estimate of drug-likeness (QED) is 0.902. The fourth-order valence-electron chi connectivity index (χ4n) is 2.89. The lowest BCUT2D eigenvalue weighted by Crippen LogP contribution is -2.38. The third-order valence-corrected chi connectivity index (χ3v) is 4.21. The second-order valence-corrected chi connectivity index (χ2v) is 5.81. The lowest BCUT2D eigenvalue weighted by Gasteiger charge is -2.22. The van der Waals surface area contributed by atoms with Crippen LogP contribution in [0.2, 0.25) is 0 Å². The van der Waals surface area contributed by atoms with E-state index in [-0.39, 0.29) is 18.3 Å². The van der Waals surface area contributed by atoms with Gasteiger partial charge < -0.3 is 10.6 Å².